The minimum atomic E-state index is 0.193. The first-order chi connectivity index (χ1) is 7.13. The summed E-state index contributed by atoms with van der Waals surface area (Å²) in [6, 6.07) is 0. The predicted molar refractivity (Wildman–Crippen MR) is 65.7 cm³/mol. The van der Waals surface area contributed by atoms with Gasteiger partial charge < -0.3 is 5.73 Å². The first-order valence-corrected chi connectivity index (χ1v) is 6.92. The van der Waals surface area contributed by atoms with Crippen LogP contribution in [0.5, 0.6) is 0 Å². The van der Waals surface area contributed by atoms with Gasteiger partial charge in [0.05, 0.1) is 0 Å². The van der Waals surface area contributed by atoms with E-state index in [1.807, 2.05) is 0 Å². The van der Waals surface area contributed by atoms with Crippen molar-refractivity contribution in [3.05, 3.63) is 0 Å². The Hall–Kier alpha value is -0.0400. The Labute approximate surface area is 94.8 Å². The van der Waals surface area contributed by atoms with Crippen LogP contribution in [0.2, 0.25) is 0 Å². The molecule has 1 heteroatoms. The van der Waals surface area contributed by atoms with Crippen molar-refractivity contribution in [2.24, 2.45) is 23.5 Å². The van der Waals surface area contributed by atoms with Gasteiger partial charge in [-0.1, -0.05) is 39.5 Å². The van der Waals surface area contributed by atoms with E-state index in [4.69, 9.17) is 5.73 Å². The van der Waals surface area contributed by atoms with E-state index < -0.39 is 0 Å². The second kappa shape index (κ2) is 4.45. The fraction of sp³-hybridized carbons (Fsp3) is 1.00. The summed E-state index contributed by atoms with van der Waals surface area (Å²) in [6.45, 7) is 4.78. The molecule has 2 unspecified atom stereocenters. The van der Waals surface area contributed by atoms with Crippen LogP contribution in [0.15, 0.2) is 0 Å². The van der Waals surface area contributed by atoms with Crippen molar-refractivity contribution in [3.63, 3.8) is 0 Å². The maximum absolute atomic E-state index is 6.72. The van der Waals surface area contributed by atoms with Crippen LogP contribution in [0.4, 0.5) is 0 Å². The number of nitrogens with two attached hydrogens (primary N) is 1. The van der Waals surface area contributed by atoms with Crippen molar-refractivity contribution < 1.29 is 0 Å². The fourth-order valence-electron chi connectivity index (χ4n) is 3.80. The van der Waals surface area contributed by atoms with Gasteiger partial charge in [0.1, 0.15) is 0 Å². The molecule has 2 rings (SSSR count). The molecule has 0 aromatic rings. The lowest BCUT2D eigenvalue weighted by molar-refractivity contribution is 0.0888. The molecule has 2 saturated carbocycles. The molecule has 1 nitrogen and oxygen atoms in total. The molecule has 88 valence electrons. The maximum Gasteiger partial charge on any atom is 0.0208 e. The van der Waals surface area contributed by atoms with Gasteiger partial charge in [0.25, 0.3) is 0 Å². The third-order valence-corrected chi connectivity index (χ3v) is 5.19. The van der Waals surface area contributed by atoms with Gasteiger partial charge in [-0.25, -0.2) is 0 Å². The third-order valence-electron chi connectivity index (χ3n) is 5.19. The second-order valence-corrected chi connectivity index (χ2v) is 6.22. The SMILES string of the molecule is CC1CCC(C2(N)CCCCC2C)CC1. The molecule has 0 amide bonds. The van der Waals surface area contributed by atoms with Crippen LogP contribution in [0, 0.1) is 17.8 Å². The topological polar surface area (TPSA) is 26.0 Å². The molecule has 0 spiro atoms. The summed E-state index contributed by atoms with van der Waals surface area (Å²) in [4.78, 5) is 0. The minimum Gasteiger partial charge on any atom is -0.325 e. The maximum atomic E-state index is 6.72. The molecule has 2 N–H and O–H groups in total. The number of rotatable bonds is 1. The van der Waals surface area contributed by atoms with Crippen LogP contribution in [0.25, 0.3) is 0 Å². The zero-order chi connectivity index (χ0) is 10.9. The first kappa shape index (κ1) is 11.4. The first-order valence-electron chi connectivity index (χ1n) is 6.92. The van der Waals surface area contributed by atoms with E-state index >= 15 is 0 Å². The smallest absolute Gasteiger partial charge is 0.0208 e. The molecule has 0 aromatic heterocycles. The molecule has 15 heavy (non-hydrogen) atoms. The van der Waals surface area contributed by atoms with E-state index in [1.54, 1.807) is 0 Å². The van der Waals surface area contributed by atoms with Crippen LogP contribution in [0.1, 0.15) is 65.2 Å². The molecule has 0 bridgehead atoms. The molecule has 2 aliphatic carbocycles. The van der Waals surface area contributed by atoms with Gasteiger partial charge in [0.15, 0.2) is 0 Å². The molecule has 0 radical (unpaired) electrons. The summed E-state index contributed by atoms with van der Waals surface area (Å²) in [6.07, 6.45) is 11.0. The normalized spacial score (nSPS) is 47.8. The van der Waals surface area contributed by atoms with Gasteiger partial charge in [-0.2, -0.15) is 0 Å². The Morgan fingerprint density at radius 1 is 0.933 bits per heavy atom. The van der Waals surface area contributed by atoms with E-state index in [0.29, 0.717) is 0 Å². The average Bonchev–Trinajstić information content (AvgIpc) is 2.23. The van der Waals surface area contributed by atoms with Gasteiger partial charge in [-0.05, 0) is 43.4 Å². The number of hydrogen-bond donors (Lipinski definition) is 1. The van der Waals surface area contributed by atoms with E-state index in [1.165, 1.54) is 51.4 Å². The summed E-state index contributed by atoms with van der Waals surface area (Å²) in [7, 11) is 0. The molecular weight excluding hydrogens is 182 g/mol. The van der Waals surface area contributed by atoms with Gasteiger partial charge in [0.2, 0.25) is 0 Å². The highest BCUT2D eigenvalue weighted by Gasteiger charge is 2.41. The predicted octanol–water partition coefficient (Wildman–Crippen LogP) is 3.72. The average molecular weight is 209 g/mol. The van der Waals surface area contributed by atoms with Crippen LogP contribution in [0.3, 0.4) is 0 Å². The molecule has 0 aliphatic heterocycles. The highest BCUT2D eigenvalue weighted by atomic mass is 14.8. The summed E-state index contributed by atoms with van der Waals surface area (Å²) in [5.41, 5.74) is 6.92. The van der Waals surface area contributed by atoms with Crippen LogP contribution < -0.4 is 5.73 Å². The van der Waals surface area contributed by atoms with Crippen LogP contribution in [-0.2, 0) is 0 Å². The zero-order valence-corrected chi connectivity index (χ0v) is 10.5. The van der Waals surface area contributed by atoms with E-state index in [2.05, 4.69) is 13.8 Å². The Morgan fingerprint density at radius 2 is 1.60 bits per heavy atom. The van der Waals surface area contributed by atoms with E-state index in [-0.39, 0.29) is 5.54 Å². The summed E-state index contributed by atoms with van der Waals surface area (Å²) in [5.74, 6) is 2.53. The van der Waals surface area contributed by atoms with Crippen molar-refractivity contribution in [2.75, 3.05) is 0 Å². The Bertz CT molecular complexity index is 205. The van der Waals surface area contributed by atoms with Crippen molar-refractivity contribution in [1.29, 1.82) is 0 Å². The molecule has 2 aliphatic rings. The third kappa shape index (κ3) is 2.22. The summed E-state index contributed by atoms with van der Waals surface area (Å²) >= 11 is 0. The summed E-state index contributed by atoms with van der Waals surface area (Å²) in [5, 5.41) is 0. The largest absolute Gasteiger partial charge is 0.325 e. The van der Waals surface area contributed by atoms with Gasteiger partial charge in [-0.3, -0.25) is 0 Å². The minimum absolute atomic E-state index is 0.193. The quantitative estimate of drug-likeness (QED) is 0.700. The second-order valence-electron chi connectivity index (χ2n) is 6.22. The number of hydrogen-bond acceptors (Lipinski definition) is 1. The Kier molecular flexibility index (Phi) is 3.39. The van der Waals surface area contributed by atoms with Gasteiger partial charge in [-0.15, -0.1) is 0 Å². The lowest BCUT2D eigenvalue weighted by atomic mass is 9.62. The zero-order valence-electron chi connectivity index (χ0n) is 10.5. The molecule has 0 saturated heterocycles. The molecular formula is C14H27N. The van der Waals surface area contributed by atoms with E-state index in [0.717, 1.165) is 17.8 Å². The van der Waals surface area contributed by atoms with Gasteiger partial charge in [0, 0.05) is 5.54 Å². The van der Waals surface area contributed by atoms with Crippen LogP contribution >= 0.6 is 0 Å². The van der Waals surface area contributed by atoms with Gasteiger partial charge >= 0.3 is 0 Å². The molecule has 0 heterocycles. The summed E-state index contributed by atoms with van der Waals surface area (Å²) < 4.78 is 0. The van der Waals surface area contributed by atoms with Crippen molar-refractivity contribution in [1.82, 2.24) is 0 Å². The molecule has 0 aromatic carbocycles. The van der Waals surface area contributed by atoms with E-state index in [9.17, 15) is 0 Å². The monoisotopic (exact) mass is 209 g/mol. The Morgan fingerprint density at radius 3 is 2.20 bits per heavy atom. The lowest BCUT2D eigenvalue weighted by Gasteiger charge is -2.47. The molecule has 2 fully saturated rings. The molecule has 2 atom stereocenters. The standard InChI is InChI=1S/C14H27N/c1-11-6-8-13(9-7-11)14(15)10-4-3-5-12(14)2/h11-13H,3-10,15H2,1-2H3. The Balaban J connectivity index is 2.00. The highest BCUT2D eigenvalue weighted by Crippen LogP contribution is 2.43. The van der Waals surface area contributed by atoms with Crippen LogP contribution in [-0.4, -0.2) is 5.54 Å². The highest BCUT2D eigenvalue weighted by molar-refractivity contribution is 4.98. The van der Waals surface area contributed by atoms with Crippen molar-refractivity contribution in [3.8, 4) is 0 Å². The lowest BCUT2D eigenvalue weighted by Crippen LogP contribution is -2.54. The van der Waals surface area contributed by atoms with Crippen molar-refractivity contribution in [2.45, 2.75) is 70.8 Å². The van der Waals surface area contributed by atoms with Crippen molar-refractivity contribution >= 4 is 0 Å². The fourth-order valence-corrected chi connectivity index (χ4v) is 3.80.